The van der Waals surface area contributed by atoms with Gasteiger partial charge in [0.25, 0.3) is 0 Å². The number of ether oxygens (including phenoxy) is 2. The number of aromatic hydroxyl groups is 1. The van der Waals surface area contributed by atoms with E-state index in [9.17, 15) is 9.90 Å². The number of carbonyl (C=O) groups excluding carboxylic acids is 1. The number of benzene rings is 1. The van der Waals surface area contributed by atoms with Gasteiger partial charge in [0.15, 0.2) is 12.0 Å². The van der Waals surface area contributed by atoms with Crippen LogP contribution in [0.5, 0.6) is 5.75 Å². The molecule has 1 fully saturated rings. The fraction of sp³-hybridized carbons (Fsp3) is 0.529. The van der Waals surface area contributed by atoms with Gasteiger partial charge in [-0.1, -0.05) is 0 Å². The van der Waals surface area contributed by atoms with E-state index in [4.69, 9.17) is 9.47 Å². The maximum atomic E-state index is 12.1. The minimum atomic E-state index is -0.600. The second-order valence-electron chi connectivity index (χ2n) is 6.94. The first-order chi connectivity index (χ1) is 11.3. The van der Waals surface area contributed by atoms with E-state index in [1.807, 2.05) is 0 Å². The second-order valence-corrected chi connectivity index (χ2v) is 6.94. The van der Waals surface area contributed by atoms with Crippen LogP contribution in [0, 0.1) is 0 Å². The maximum absolute atomic E-state index is 12.1. The number of carbonyl (C=O) groups is 1. The number of fused-ring (bicyclic) bond motifs is 1. The number of hydrogen-bond acceptors (Lipinski definition) is 5. The van der Waals surface area contributed by atoms with Crippen LogP contribution in [0.1, 0.15) is 46.3 Å². The number of phenolic OH excluding ortho intramolecular Hbond substituents is 1. The van der Waals surface area contributed by atoms with Crippen molar-refractivity contribution in [2.24, 2.45) is 0 Å². The quantitative estimate of drug-likeness (QED) is 0.873. The van der Waals surface area contributed by atoms with Crippen LogP contribution in [0.3, 0.4) is 0 Å². The van der Waals surface area contributed by atoms with E-state index in [1.54, 1.807) is 43.7 Å². The molecule has 0 aliphatic carbocycles. The highest BCUT2D eigenvalue weighted by Gasteiger charge is 2.23. The summed E-state index contributed by atoms with van der Waals surface area (Å²) in [5.41, 5.74) is 0.197. The maximum Gasteiger partial charge on any atom is 0.413 e. The van der Waals surface area contributed by atoms with Gasteiger partial charge >= 0.3 is 6.09 Å². The summed E-state index contributed by atoms with van der Waals surface area (Å²) >= 11 is 0. The zero-order valence-electron chi connectivity index (χ0n) is 14.2. The Morgan fingerprint density at radius 1 is 1.42 bits per heavy atom. The van der Waals surface area contributed by atoms with Gasteiger partial charge in [-0.05, 0) is 58.2 Å². The lowest BCUT2D eigenvalue weighted by atomic mass is 10.2. The Morgan fingerprint density at radius 3 is 2.88 bits per heavy atom. The van der Waals surface area contributed by atoms with Gasteiger partial charge in [0, 0.05) is 12.0 Å². The first-order valence-electron chi connectivity index (χ1n) is 8.16. The minimum absolute atomic E-state index is 0.110. The number of aromatic nitrogens is 2. The normalized spacial score (nSPS) is 18.5. The molecule has 7 heteroatoms. The molecule has 2 aromatic rings. The highest BCUT2D eigenvalue weighted by Crippen LogP contribution is 2.32. The molecule has 0 saturated carbocycles. The molecule has 1 amide bonds. The molecule has 1 saturated heterocycles. The Morgan fingerprint density at radius 2 is 2.21 bits per heavy atom. The van der Waals surface area contributed by atoms with E-state index in [2.05, 4.69) is 10.4 Å². The largest absolute Gasteiger partial charge is 0.508 e. The molecule has 0 radical (unpaired) electrons. The molecule has 0 spiro atoms. The smallest absolute Gasteiger partial charge is 0.413 e. The van der Waals surface area contributed by atoms with Crippen molar-refractivity contribution in [1.82, 2.24) is 9.78 Å². The fourth-order valence-corrected chi connectivity index (χ4v) is 2.76. The van der Waals surface area contributed by atoms with Gasteiger partial charge in [0.2, 0.25) is 0 Å². The molecule has 0 bridgehead atoms. The minimum Gasteiger partial charge on any atom is -0.508 e. The van der Waals surface area contributed by atoms with E-state index in [0.717, 1.165) is 24.8 Å². The molecule has 1 aromatic heterocycles. The van der Waals surface area contributed by atoms with Crippen molar-refractivity contribution in [1.29, 1.82) is 0 Å². The highest BCUT2D eigenvalue weighted by atomic mass is 16.6. The van der Waals surface area contributed by atoms with Crippen LogP contribution in [0.25, 0.3) is 10.9 Å². The Bertz CT molecular complexity index is 742. The molecule has 7 nitrogen and oxygen atoms in total. The summed E-state index contributed by atoms with van der Waals surface area (Å²) in [5.74, 6) is 0.461. The van der Waals surface area contributed by atoms with Crippen molar-refractivity contribution in [2.75, 3.05) is 11.9 Å². The van der Waals surface area contributed by atoms with Crippen molar-refractivity contribution >= 4 is 22.8 Å². The van der Waals surface area contributed by atoms with Gasteiger partial charge in [-0.25, -0.2) is 9.48 Å². The zero-order valence-corrected chi connectivity index (χ0v) is 14.2. The molecule has 2 heterocycles. The molecule has 1 atom stereocenters. The van der Waals surface area contributed by atoms with Crippen LogP contribution in [-0.2, 0) is 9.47 Å². The number of nitrogens with zero attached hydrogens (tertiary/aromatic N) is 2. The number of phenols is 1. The summed E-state index contributed by atoms with van der Waals surface area (Å²) in [6.45, 7) is 6.08. The standard InChI is InChI=1S/C17H23N3O4/c1-17(2,3)24-16(22)18-15-12-10-11(21)7-8-13(12)20(19-15)14-6-4-5-9-23-14/h7-8,10,14,21H,4-6,9H2,1-3H3,(H,18,19,22). The third-order valence-electron chi connectivity index (χ3n) is 3.74. The van der Waals surface area contributed by atoms with Crippen molar-refractivity contribution in [2.45, 2.75) is 51.9 Å². The molecule has 1 unspecified atom stereocenters. The first kappa shape index (κ1) is 16.6. The monoisotopic (exact) mass is 333 g/mol. The molecule has 130 valence electrons. The van der Waals surface area contributed by atoms with Gasteiger partial charge in [0.1, 0.15) is 11.4 Å². The lowest BCUT2D eigenvalue weighted by molar-refractivity contribution is -0.0365. The lowest BCUT2D eigenvalue weighted by Crippen LogP contribution is -2.27. The molecule has 2 N–H and O–H groups in total. The molecule has 1 aliphatic heterocycles. The molecule has 1 aromatic carbocycles. The van der Waals surface area contributed by atoms with Crippen LogP contribution >= 0.6 is 0 Å². The number of rotatable bonds is 2. The predicted molar refractivity (Wildman–Crippen MR) is 90.1 cm³/mol. The highest BCUT2D eigenvalue weighted by molar-refractivity contribution is 5.98. The van der Waals surface area contributed by atoms with E-state index < -0.39 is 11.7 Å². The Kier molecular flexibility index (Phi) is 4.36. The predicted octanol–water partition coefficient (Wildman–Crippen LogP) is 3.79. The van der Waals surface area contributed by atoms with Gasteiger partial charge in [-0.2, -0.15) is 5.10 Å². The average molecular weight is 333 g/mol. The van der Waals surface area contributed by atoms with Crippen LogP contribution in [0.2, 0.25) is 0 Å². The summed E-state index contributed by atoms with van der Waals surface area (Å²) in [4.78, 5) is 12.1. The molecule has 1 aliphatic rings. The van der Waals surface area contributed by atoms with Crippen LogP contribution in [0.15, 0.2) is 18.2 Å². The number of anilines is 1. The Balaban J connectivity index is 1.94. The van der Waals surface area contributed by atoms with E-state index in [-0.39, 0.29) is 12.0 Å². The Labute approximate surface area is 140 Å². The Hall–Kier alpha value is -2.28. The van der Waals surface area contributed by atoms with Gasteiger partial charge in [0.05, 0.1) is 5.52 Å². The topological polar surface area (TPSA) is 85.6 Å². The van der Waals surface area contributed by atoms with Gasteiger partial charge < -0.3 is 14.6 Å². The second kappa shape index (κ2) is 6.32. The summed E-state index contributed by atoms with van der Waals surface area (Å²) in [6.07, 6.45) is 2.23. The molecular formula is C17H23N3O4. The molecular weight excluding hydrogens is 310 g/mol. The van der Waals surface area contributed by atoms with Crippen LogP contribution in [0.4, 0.5) is 10.6 Å². The van der Waals surface area contributed by atoms with Crippen LogP contribution in [-0.4, -0.2) is 33.2 Å². The average Bonchev–Trinajstić information content (AvgIpc) is 2.84. The lowest BCUT2D eigenvalue weighted by Gasteiger charge is -2.23. The molecule has 3 rings (SSSR count). The summed E-state index contributed by atoms with van der Waals surface area (Å²) in [7, 11) is 0. The van der Waals surface area contributed by atoms with E-state index in [0.29, 0.717) is 17.8 Å². The van der Waals surface area contributed by atoms with Gasteiger partial charge in [-0.15, -0.1) is 0 Å². The number of amides is 1. The van der Waals surface area contributed by atoms with Crippen molar-refractivity contribution in [3.05, 3.63) is 18.2 Å². The van der Waals surface area contributed by atoms with E-state index in [1.165, 1.54) is 0 Å². The van der Waals surface area contributed by atoms with Gasteiger partial charge in [-0.3, -0.25) is 5.32 Å². The fourth-order valence-electron chi connectivity index (χ4n) is 2.76. The number of nitrogens with one attached hydrogen (secondary N) is 1. The third-order valence-corrected chi connectivity index (χ3v) is 3.74. The summed E-state index contributed by atoms with van der Waals surface area (Å²) in [5, 5.41) is 17.6. The number of hydrogen-bond donors (Lipinski definition) is 2. The van der Waals surface area contributed by atoms with Crippen molar-refractivity contribution < 1.29 is 19.4 Å². The third kappa shape index (κ3) is 3.62. The van der Waals surface area contributed by atoms with Crippen molar-refractivity contribution in [3.63, 3.8) is 0 Å². The molecule has 24 heavy (non-hydrogen) atoms. The zero-order chi connectivity index (χ0) is 17.3. The van der Waals surface area contributed by atoms with Crippen molar-refractivity contribution in [3.8, 4) is 5.75 Å². The first-order valence-corrected chi connectivity index (χ1v) is 8.16. The van der Waals surface area contributed by atoms with Crippen LogP contribution < -0.4 is 5.32 Å². The summed E-state index contributed by atoms with van der Waals surface area (Å²) < 4.78 is 12.8. The summed E-state index contributed by atoms with van der Waals surface area (Å²) in [6, 6.07) is 4.95. The SMILES string of the molecule is CC(C)(C)OC(=O)Nc1nn(C2CCCCO2)c2ccc(O)cc12. The van der Waals surface area contributed by atoms with E-state index >= 15 is 0 Å².